The number of hydrogen-bond donors (Lipinski definition) is 3. The molecule has 3 rings (SSSR count). The number of hydrogen-bond acceptors (Lipinski definition) is 9. The number of hydrazone groups is 1. The Morgan fingerprint density at radius 2 is 2.00 bits per heavy atom. The lowest BCUT2D eigenvalue weighted by Gasteiger charge is -2.07. The topological polar surface area (TPSA) is 161 Å². The zero-order valence-corrected chi connectivity index (χ0v) is 15.8. The van der Waals surface area contributed by atoms with Gasteiger partial charge in [0.15, 0.2) is 0 Å². The van der Waals surface area contributed by atoms with Gasteiger partial charge < -0.3 is 4.74 Å². The van der Waals surface area contributed by atoms with Crippen LogP contribution in [0.4, 0.5) is 11.4 Å². The fraction of sp³-hybridized carbons (Fsp3) is 0.222. The zero-order valence-electron chi connectivity index (χ0n) is 15.8. The molecule has 2 aromatic rings. The first-order valence-corrected chi connectivity index (χ1v) is 8.88. The summed E-state index contributed by atoms with van der Waals surface area (Å²) < 4.78 is 5.54. The van der Waals surface area contributed by atoms with Crippen LogP contribution in [0.2, 0.25) is 0 Å². The molecule has 0 bridgehead atoms. The molecular formula is C18H18N6O6. The summed E-state index contributed by atoms with van der Waals surface area (Å²) in [6.45, 7) is 1.95. The van der Waals surface area contributed by atoms with Crippen molar-refractivity contribution in [1.29, 1.82) is 0 Å². The summed E-state index contributed by atoms with van der Waals surface area (Å²) in [6.07, 6.45) is 2.04. The normalized spacial score (nSPS) is 18.3. The van der Waals surface area contributed by atoms with Crippen LogP contribution in [0.5, 0.6) is 11.5 Å². The molecule has 0 spiro atoms. The Bertz CT molecular complexity index is 1010. The summed E-state index contributed by atoms with van der Waals surface area (Å²) in [7, 11) is 0. The molecule has 12 heteroatoms. The number of carbonyl (C=O) groups is 1. The largest absolute Gasteiger partial charge is 0.450 e. The predicted octanol–water partition coefficient (Wildman–Crippen LogP) is 2.00. The van der Waals surface area contributed by atoms with Crippen LogP contribution in [-0.4, -0.2) is 34.1 Å². The third kappa shape index (κ3) is 5.12. The summed E-state index contributed by atoms with van der Waals surface area (Å²) >= 11 is 0. The minimum atomic E-state index is -0.754. The van der Waals surface area contributed by atoms with E-state index in [9.17, 15) is 25.0 Å². The van der Waals surface area contributed by atoms with Crippen molar-refractivity contribution in [3.05, 3.63) is 68.3 Å². The third-order valence-electron chi connectivity index (χ3n) is 4.23. The highest BCUT2D eigenvalue weighted by atomic mass is 16.6. The second kappa shape index (κ2) is 9.07. The molecule has 0 aliphatic carbocycles. The van der Waals surface area contributed by atoms with Crippen molar-refractivity contribution in [2.45, 2.75) is 25.4 Å². The molecule has 3 N–H and O–H groups in total. The molecular weight excluding hydrogens is 396 g/mol. The Kier molecular flexibility index (Phi) is 6.29. The third-order valence-corrected chi connectivity index (χ3v) is 4.23. The number of rotatable bonds is 7. The maximum atomic E-state index is 12.0. The highest BCUT2D eigenvalue weighted by Crippen LogP contribution is 2.34. The molecule has 156 valence electrons. The average Bonchev–Trinajstić information content (AvgIpc) is 3.14. The second-order valence-electron chi connectivity index (χ2n) is 6.55. The Labute approximate surface area is 170 Å². The Morgan fingerprint density at radius 1 is 1.20 bits per heavy atom. The van der Waals surface area contributed by atoms with E-state index in [1.165, 1.54) is 12.3 Å². The molecule has 1 heterocycles. The van der Waals surface area contributed by atoms with Crippen LogP contribution in [0, 0.1) is 20.2 Å². The smallest absolute Gasteiger partial charge is 0.318 e. The Balaban J connectivity index is 1.69. The van der Waals surface area contributed by atoms with Crippen LogP contribution in [0.3, 0.4) is 0 Å². The number of amides is 1. The van der Waals surface area contributed by atoms with Crippen LogP contribution in [0.15, 0.2) is 47.6 Å². The maximum absolute atomic E-state index is 12.0. The van der Waals surface area contributed by atoms with E-state index in [-0.39, 0.29) is 29.5 Å². The van der Waals surface area contributed by atoms with Crippen molar-refractivity contribution in [3.63, 3.8) is 0 Å². The van der Waals surface area contributed by atoms with E-state index in [1.54, 1.807) is 24.3 Å². The highest BCUT2D eigenvalue weighted by molar-refractivity contribution is 5.85. The van der Waals surface area contributed by atoms with E-state index in [4.69, 9.17) is 4.74 Å². The van der Waals surface area contributed by atoms with Gasteiger partial charge in [0.2, 0.25) is 5.75 Å². The predicted molar refractivity (Wildman–Crippen MR) is 106 cm³/mol. The van der Waals surface area contributed by atoms with Crippen molar-refractivity contribution in [1.82, 2.24) is 16.3 Å². The van der Waals surface area contributed by atoms with Crippen molar-refractivity contribution >= 4 is 23.5 Å². The van der Waals surface area contributed by atoms with Crippen LogP contribution in [0.1, 0.15) is 18.9 Å². The highest BCUT2D eigenvalue weighted by Gasteiger charge is 2.26. The molecule has 1 aliphatic heterocycles. The molecule has 1 amide bonds. The van der Waals surface area contributed by atoms with Gasteiger partial charge in [0.05, 0.1) is 22.1 Å². The van der Waals surface area contributed by atoms with Gasteiger partial charge in [0.1, 0.15) is 11.8 Å². The fourth-order valence-corrected chi connectivity index (χ4v) is 2.77. The minimum absolute atomic E-state index is 0.137. The number of nitro groups is 2. The van der Waals surface area contributed by atoms with Crippen molar-refractivity contribution < 1.29 is 19.4 Å². The molecule has 2 atom stereocenters. The van der Waals surface area contributed by atoms with Gasteiger partial charge >= 0.3 is 5.69 Å². The molecule has 1 fully saturated rings. The quantitative estimate of drug-likeness (QED) is 0.352. The van der Waals surface area contributed by atoms with Crippen molar-refractivity contribution in [3.8, 4) is 11.5 Å². The van der Waals surface area contributed by atoms with Gasteiger partial charge in [-0.15, -0.1) is 0 Å². The van der Waals surface area contributed by atoms with Gasteiger partial charge in [-0.1, -0.05) is 12.1 Å². The molecule has 1 saturated heterocycles. The first-order chi connectivity index (χ1) is 14.3. The second-order valence-corrected chi connectivity index (χ2v) is 6.55. The van der Waals surface area contributed by atoms with Crippen LogP contribution >= 0.6 is 0 Å². The molecule has 0 aromatic heterocycles. The van der Waals surface area contributed by atoms with Crippen LogP contribution in [0.25, 0.3) is 0 Å². The van der Waals surface area contributed by atoms with Crippen LogP contribution < -0.4 is 21.0 Å². The van der Waals surface area contributed by atoms with Gasteiger partial charge in [-0.25, -0.2) is 10.9 Å². The Morgan fingerprint density at radius 3 is 2.67 bits per heavy atom. The fourth-order valence-electron chi connectivity index (χ4n) is 2.77. The zero-order chi connectivity index (χ0) is 21.7. The number of nitro benzene ring substituents is 2. The van der Waals surface area contributed by atoms with Gasteiger partial charge in [-0.3, -0.25) is 30.4 Å². The monoisotopic (exact) mass is 414 g/mol. The molecule has 0 radical (unpaired) electrons. The number of non-ortho nitro benzene ring substituents is 1. The van der Waals surface area contributed by atoms with Gasteiger partial charge in [-0.05, 0) is 37.1 Å². The lowest BCUT2D eigenvalue weighted by molar-refractivity contribution is -0.394. The summed E-state index contributed by atoms with van der Waals surface area (Å²) in [4.78, 5) is 32.6. The van der Waals surface area contributed by atoms with Crippen molar-refractivity contribution in [2.75, 3.05) is 0 Å². The van der Waals surface area contributed by atoms with Gasteiger partial charge in [-0.2, -0.15) is 5.10 Å². The summed E-state index contributed by atoms with van der Waals surface area (Å²) in [5.41, 5.74) is 7.88. The summed E-state index contributed by atoms with van der Waals surface area (Å²) in [5.74, 6) is -0.156. The molecule has 2 aromatic carbocycles. The molecule has 12 nitrogen and oxygen atoms in total. The number of nitrogens with one attached hydrogen (secondary N) is 3. The summed E-state index contributed by atoms with van der Waals surface area (Å²) in [5, 5.41) is 26.0. The van der Waals surface area contributed by atoms with E-state index < -0.39 is 21.2 Å². The molecule has 2 unspecified atom stereocenters. The molecule has 30 heavy (non-hydrogen) atoms. The first-order valence-electron chi connectivity index (χ1n) is 8.88. The SMILES string of the molecule is CC1CC(C(=O)N/N=C/c2cccc(Oc3ccc([N+](=O)[O-])cc3[N+](=O)[O-])c2)NN1. The van der Waals surface area contributed by atoms with Gasteiger partial charge in [0, 0.05) is 12.1 Å². The van der Waals surface area contributed by atoms with E-state index >= 15 is 0 Å². The van der Waals surface area contributed by atoms with Gasteiger partial charge in [0.25, 0.3) is 11.6 Å². The number of nitrogens with zero attached hydrogens (tertiary/aromatic N) is 3. The minimum Gasteiger partial charge on any atom is -0.450 e. The Hall–Kier alpha value is -3.90. The summed E-state index contributed by atoms with van der Waals surface area (Å²) in [6, 6.07) is 9.38. The first kappa shape index (κ1) is 20.8. The number of hydrazine groups is 1. The maximum Gasteiger partial charge on any atom is 0.318 e. The number of benzene rings is 2. The van der Waals surface area contributed by atoms with E-state index in [2.05, 4.69) is 21.4 Å². The van der Waals surface area contributed by atoms with Crippen LogP contribution in [-0.2, 0) is 4.79 Å². The number of ether oxygens (including phenoxy) is 1. The lowest BCUT2D eigenvalue weighted by Crippen LogP contribution is -2.41. The van der Waals surface area contributed by atoms with E-state index in [1.807, 2.05) is 6.92 Å². The average molecular weight is 414 g/mol. The molecule has 1 aliphatic rings. The standard InChI is InChI=1S/C18H18N6O6/c1-11-7-15(21-20-11)18(25)22-19-10-12-3-2-4-14(8-12)30-17-6-5-13(23(26)27)9-16(17)24(28)29/h2-6,8-11,15,20-21H,7H2,1H3,(H,22,25)/b19-10+. The van der Waals surface area contributed by atoms with E-state index in [0.717, 1.165) is 12.1 Å². The molecule has 0 saturated carbocycles. The van der Waals surface area contributed by atoms with Crippen molar-refractivity contribution in [2.24, 2.45) is 5.10 Å². The lowest BCUT2D eigenvalue weighted by atomic mass is 10.1. The number of carbonyl (C=O) groups excluding carboxylic acids is 1. The van der Waals surface area contributed by atoms with E-state index in [0.29, 0.717) is 12.0 Å².